The van der Waals surface area contributed by atoms with Crippen LogP contribution in [0.25, 0.3) is 11.5 Å². The Bertz CT molecular complexity index is 989. The van der Waals surface area contributed by atoms with Crippen LogP contribution in [0.4, 0.5) is 5.69 Å². The van der Waals surface area contributed by atoms with E-state index in [9.17, 15) is 4.79 Å². The molecule has 0 aliphatic rings. The van der Waals surface area contributed by atoms with Crippen LogP contribution in [-0.4, -0.2) is 37.5 Å². The van der Waals surface area contributed by atoms with Gasteiger partial charge in [-0.3, -0.25) is 0 Å². The third-order valence-electron chi connectivity index (χ3n) is 3.91. The third-order valence-corrected chi connectivity index (χ3v) is 4.24. The summed E-state index contributed by atoms with van der Waals surface area (Å²) in [5.74, 6) is 1.40. The summed E-state index contributed by atoms with van der Waals surface area (Å²) in [5, 5.41) is 11.6. The number of esters is 1. The first-order valence-corrected chi connectivity index (χ1v) is 8.60. The highest BCUT2D eigenvalue weighted by molar-refractivity contribution is 6.33. The molecule has 0 amide bonds. The Hall–Kier alpha value is -3.26. The maximum absolute atomic E-state index is 11.7. The van der Waals surface area contributed by atoms with Gasteiger partial charge < -0.3 is 23.9 Å². The van der Waals surface area contributed by atoms with Crippen LogP contribution in [0, 0.1) is 0 Å². The summed E-state index contributed by atoms with van der Waals surface area (Å²) in [6.07, 6.45) is 0. The number of nitrogens with zero attached hydrogens (tertiary/aromatic N) is 2. The van der Waals surface area contributed by atoms with Crippen LogP contribution >= 0.6 is 11.6 Å². The van der Waals surface area contributed by atoms with Crippen molar-refractivity contribution in [3.8, 4) is 23.0 Å². The van der Waals surface area contributed by atoms with Crippen molar-refractivity contribution >= 4 is 23.3 Å². The number of benzene rings is 2. The molecule has 0 radical (unpaired) electrons. The number of anilines is 1. The summed E-state index contributed by atoms with van der Waals surface area (Å²) < 4.78 is 20.9. The van der Waals surface area contributed by atoms with Crippen LogP contribution < -0.4 is 14.8 Å². The van der Waals surface area contributed by atoms with Gasteiger partial charge >= 0.3 is 5.97 Å². The monoisotopic (exact) mass is 403 g/mol. The van der Waals surface area contributed by atoms with E-state index in [0.717, 1.165) is 0 Å². The predicted octanol–water partition coefficient (Wildman–Crippen LogP) is 3.81. The van der Waals surface area contributed by atoms with Gasteiger partial charge in [0.05, 0.1) is 44.1 Å². The lowest BCUT2D eigenvalue weighted by atomic mass is 10.2. The molecule has 0 unspecified atom stereocenters. The predicted molar refractivity (Wildman–Crippen MR) is 103 cm³/mol. The smallest absolute Gasteiger partial charge is 0.337 e. The van der Waals surface area contributed by atoms with Gasteiger partial charge in [-0.2, -0.15) is 0 Å². The van der Waals surface area contributed by atoms with Gasteiger partial charge in [0.2, 0.25) is 11.8 Å². The van der Waals surface area contributed by atoms with E-state index in [2.05, 4.69) is 15.5 Å². The molecule has 3 rings (SSSR count). The Morgan fingerprint density at radius 2 is 1.86 bits per heavy atom. The van der Waals surface area contributed by atoms with Crippen LogP contribution in [0.15, 0.2) is 40.8 Å². The Kier molecular flexibility index (Phi) is 6.00. The van der Waals surface area contributed by atoms with Crippen molar-refractivity contribution in [1.29, 1.82) is 0 Å². The highest BCUT2D eigenvalue weighted by Crippen LogP contribution is 2.32. The van der Waals surface area contributed by atoms with Crippen molar-refractivity contribution in [1.82, 2.24) is 10.2 Å². The fourth-order valence-corrected chi connectivity index (χ4v) is 2.67. The highest BCUT2D eigenvalue weighted by Gasteiger charge is 2.13. The van der Waals surface area contributed by atoms with Gasteiger partial charge in [0.15, 0.2) is 11.5 Å². The quantitative estimate of drug-likeness (QED) is 0.595. The number of carbonyl (C=O) groups excluding carboxylic acids is 1. The minimum absolute atomic E-state index is 0.227. The van der Waals surface area contributed by atoms with Crippen molar-refractivity contribution in [3.05, 3.63) is 52.9 Å². The van der Waals surface area contributed by atoms with E-state index in [0.29, 0.717) is 45.1 Å². The number of ether oxygens (including phenoxy) is 3. The lowest BCUT2D eigenvalue weighted by Crippen LogP contribution is -2.04. The zero-order valence-corrected chi connectivity index (χ0v) is 16.2. The molecule has 28 heavy (non-hydrogen) atoms. The fourth-order valence-electron chi connectivity index (χ4n) is 2.49. The van der Waals surface area contributed by atoms with Crippen LogP contribution in [0.3, 0.4) is 0 Å². The number of rotatable bonds is 7. The molecule has 2 aromatic carbocycles. The summed E-state index contributed by atoms with van der Waals surface area (Å²) in [6, 6.07) is 10.1. The van der Waals surface area contributed by atoms with Gasteiger partial charge in [0.25, 0.3) is 0 Å². The molecule has 0 bridgehead atoms. The molecule has 0 saturated heterocycles. The SMILES string of the molecule is COC(=O)c1ccc(Cl)c(NCc2nnc(-c3ccc(OC)c(OC)c3)o2)c1. The maximum atomic E-state index is 11.7. The first-order chi connectivity index (χ1) is 13.5. The second-order valence-corrected chi connectivity index (χ2v) is 6.02. The number of methoxy groups -OCH3 is 3. The number of hydrogen-bond acceptors (Lipinski definition) is 8. The van der Waals surface area contributed by atoms with Crippen molar-refractivity contribution in [3.63, 3.8) is 0 Å². The molecular formula is C19H18ClN3O5. The molecule has 0 saturated carbocycles. The summed E-state index contributed by atoms with van der Waals surface area (Å²) >= 11 is 6.17. The van der Waals surface area contributed by atoms with E-state index in [1.807, 2.05) is 0 Å². The summed E-state index contributed by atoms with van der Waals surface area (Å²) in [4.78, 5) is 11.7. The Labute approximate surface area is 166 Å². The molecule has 146 valence electrons. The number of halogens is 1. The summed E-state index contributed by atoms with van der Waals surface area (Å²) in [6.45, 7) is 0.227. The molecule has 9 heteroatoms. The third kappa shape index (κ3) is 4.17. The Morgan fingerprint density at radius 3 is 2.57 bits per heavy atom. The maximum Gasteiger partial charge on any atom is 0.337 e. The largest absolute Gasteiger partial charge is 0.493 e. The molecule has 8 nitrogen and oxygen atoms in total. The Morgan fingerprint density at radius 1 is 1.07 bits per heavy atom. The zero-order chi connectivity index (χ0) is 20.1. The Balaban J connectivity index is 1.75. The topological polar surface area (TPSA) is 95.7 Å². The summed E-state index contributed by atoms with van der Waals surface area (Å²) in [7, 11) is 4.43. The molecule has 1 N–H and O–H groups in total. The van der Waals surface area contributed by atoms with Gasteiger partial charge in [0, 0.05) is 5.56 Å². The highest BCUT2D eigenvalue weighted by atomic mass is 35.5. The molecule has 3 aromatic rings. The minimum Gasteiger partial charge on any atom is -0.493 e. The van der Waals surface area contributed by atoms with Crippen LogP contribution in [0.1, 0.15) is 16.2 Å². The van der Waals surface area contributed by atoms with Gasteiger partial charge in [0.1, 0.15) is 0 Å². The van der Waals surface area contributed by atoms with Crippen molar-refractivity contribution in [2.24, 2.45) is 0 Å². The van der Waals surface area contributed by atoms with Crippen LogP contribution in [0.5, 0.6) is 11.5 Å². The first kappa shape index (κ1) is 19.5. The van der Waals surface area contributed by atoms with Gasteiger partial charge in [-0.15, -0.1) is 10.2 Å². The zero-order valence-electron chi connectivity index (χ0n) is 15.5. The molecule has 0 atom stereocenters. The van der Waals surface area contributed by atoms with E-state index in [-0.39, 0.29) is 6.54 Å². The standard InChI is InChI=1S/C19H18ClN3O5/c1-25-15-7-5-11(9-16(15)26-2)18-23-22-17(28-18)10-21-14-8-12(19(24)27-3)4-6-13(14)20/h4-9,21H,10H2,1-3H3. The molecule has 0 spiro atoms. The number of hydrogen-bond donors (Lipinski definition) is 1. The summed E-state index contributed by atoms with van der Waals surface area (Å²) in [5.41, 5.74) is 1.63. The average Bonchev–Trinajstić information content (AvgIpc) is 3.21. The molecular weight excluding hydrogens is 386 g/mol. The molecule has 1 aromatic heterocycles. The molecule has 1 heterocycles. The lowest BCUT2D eigenvalue weighted by Gasteiger charge is -2.08. The van der Waals surface area contributed by atoms with E-state index in [1.54, 1.807) is 50.6 Å². The minimum atomic E-state index is -0.451. The van der Waals surface area contributed by atoms with E-state index in [4.69, 9.17) is 30.2 Å². The van der Waals surface area contributed by atoms with Crippen molar-refractivity contribution in [2.75, 3.05) is 26.6 Å². The molecule has 0 aliphatic heterocycles. The van der Waals surface area contributed by atoms with E-state index >= 15 is 0 Å². The molecule has 0 aliphatic carbocycles. The average molecular weight is 404 g/mol. The fraction of sp³-hybridized carbons (Fsp3) is 0.211. The normalized spacial score (nSPS) is 10.4. The molecule has 0 fully saturated rings. The van der Waals surface area contributed by atoms with Gasteiger partial charge in [-0.05, 0) is 36.4 Å². The lowest BCUT2D eigenvalue weighted by molar-refractivity contribution is 0.0601. The van der Waals surface area contributed by atoms with E-state index < -0.39 is 5.97 Å². The number of nitrogens with one attached hydrogen (secondary N) is 1. The van der Waals surface area contributed by atoms with Gasteiger partial charge in [-0.25, -0.2) is 4.79 Å². The van der Waals surface area contributed by atoms with E-state index in [1.165, 1.54) is 7.11 Å². The van der Waals surface area contributed by atoms with Crippen LogP contribution in [-0.2, 0) is 11.3 Å². The number of carbonyl (C=O) groups is 1. The van der Waals surface area contributed by atoms with Gasteiger partial charge in [-0.1, -0.05) is 11.6 Å². The first-order valence-electron chi connectivity index (χ1n) is 8.22. The van der Waals surface area contributed by atoms with Crippen molar-refractivity contribution < 1.29 is 23.4 Å². The van der Waals surface area contributed by atoms with Crippen LogP contribution in [0.2, 0.25) is 5.02 Å². The second-order valence-electron chi connectivity index (χ2n) is 5.61. The van der Waals surface area contributed by atoms with Crippen molar-refractivity contribution in [2.45, 2.75) is 6.54 Å². The number of aromatic nitrogens is 2. The second kappa shape index (κ2) is 8.62.